The van der Waals surface area contributed by atoms with Crippen LogP contribution in [0.15, 0.2) is 0 Å². The summed E-state index contributed by atoms with van der Waals surface area (Å²) in [7, 11) is 0. The van der Waals surface area contributed by atoms with Crippen molar-refractivity contribution in [3.63, 3.8) is 0 Å². The lowest BCUT2D eigenvalue weighted by atomic mass is 10.2. The summed E-state index contributed by atoms with van der Waals surface area (Å²) in [4.78, 5) is 21.7. The molecule has 1 atom stereocenters. The number of carbonyl (C=O) groups excluding carboxylic acids is 2. The molecule has 82 valence electrons. The molecule has 5 heteroatoms. The lowest BCUT2D eigenvalue weighted by molar-refractivity contribution is -0.123. The first-order chi connectivity index (χ1) is 6.57. The summed E-state index contributed by atoms with van der Waals surface area (Å²) in [5.74, 6) is -0.255. The first-order valence-corrected chi connectivity index (χ1v) is 4.85. The van der Waals surface area contributed by atoms with Gasteiger partial charge in [-0.15, -0.1) is 0 Å². The Bertz CT molecular complexity index is 194. The molecule has 4 N–H and O–H groups in total. The van der Waals surface area contributed by atoms with Gasteiger partial charge in [-0.2, -0.15) is 0 Å². The van der Waals surface area contributed by atoms with Gasteiger partial charge in [-0.25, -0.2) is 0 Å². The molecule has 0 spiro atoms. The SMILES string of the molecule is CCC[C@@H](N)C(=O)NCCNC(C)=O. The van der Waals surface area contributed by atoms with Crippen LogP contribution in [0.3, 0.4) is 0 Å². The van der Waals surface area contributed by atoms with E-state index in [1.807, 2.05) is 6.92 Å². The van der Waals surface area contributed by atoms with Crippen molar-refractivity contribution in [3.05, 3.63) is 0 Å². The first kappa shape index (κ1) is 12.9. The van der Waals surface area contributed by atoms with Crippen LogP contribution in [0.25, 0.3) is 0 Å². The van der Waals surface area contributed by atoms with Gasteiger partial charge < -0.3 is 16.4 Å². The van der Waals surface area contributed by atoms with Crippen LogP contribution in [-0.2, 0) is 9.59 Å². The molecule has 0 aliphatic heterocycles. The number of nitrogens with two attached hydrogens (primary N) is 1. The lowest BCUT2D eigenvalue weighted by Gasteiger charge is -2.10. The van der Waals surface area contributed by atoms with Gasteiger partial charge in [-0.1, -0.05) is 13.3 Å². The summed E-state index contributed by atoms with van der Waals surface area (Å²) >= 11 is 0. The van der Waals surface area contributed by atoms with E-state index in [1.165, 1.54) is 6.92 Å². The maximum Gasteiger partial charge on any atom is 0.236 e. The van der Waals surface area contributed by atoms with Gasteiger partial charge in [0.15, 0.2) is 0 Å². The van der Waals surface area contributed by atoms with Gasteiger partial charge in [-0.05, 0) is 6.42 Å². The second kappa shape index (κ2) is 7.32. The molecular formula is C9H19N3O2. The van der Waals surface area contributed by atoms with Crippen LogP contribution in [0.5, 0.6) is 0 Å². The van der Waals surface area contributed by atoms with Crippen molar-refractivity contribution in [1.29, 1.82) is 0 Å². The quantitative estimate of drug-likeness (QED) is 0.500. The number of carbonyl (C=O) groups is 2. The maximum atomic E-state index is 11.2. The topological polar surface area (TPSA) is 84.2 Å². The Morgan fingerprint density at radius 2 is 1.86 bits per heavy atom. The molecule has 0 aromatic heterocycles. The van der Waals surface area contributed by atoms with Crippen LogP contribution in [0, 0.1) is 0 Å². The lowest BCUT2D eigenvalue weighted by Crippen LogP contribution is -2.43. The van der Waals surface area contributed by atoms with Crippen LogP contribution in [0.2, 0.25) is 0 Å². The summed E-state index contributed by atoms with van der Waals surface area (Å²) in [6.45, 7) is 4.28. The van der Waals surface area contributed by atoms with Crippen LogP contribution < -0.4 is 16.4 Å². The Balaban J connectivity index is 3.48. The van der Waals surface area contributed by atoms with Crippen molar-refractivity contribution in [2.24, 2.45) is 5.73 Å². The van der Waals surface area contributed by atoms with Crippen molar-refractivity contribution in [2.75, 3.05) is 13.1 Å². The van der Waals surface area contributed by atoms with Gasteiger partial charge in [-0.3, -0.25) is 9.59 Å². The first-order valence-electron chi connectivity index (χ1n) is 4.85. The molecule has 14 heavy (non-hydrogen) atoms. The fourth-order valence-electron chi connectivity index (χ4n) is 0.997. The standard InChI is InChI=1S/C9H19N3O2/c1-3-4-8(10)9(14)12-6-5-11-7(2)13/h8H,3-6,10H2,1-2H3,(H,11,13)(H,12,14)/t8-/m1/s1. The molecule has 0 unspecified atom stereocenters. The minimum absolute atomic E-state index is 0.0999. The molecule has 0 aromatic carbocycles. The smallest absolute Gasteiger partial charge is 0.236 e. The summed E-state index contributed by atoms with van der Waals surface area (Å²) in [6.07, 6.45) is 1.58. The van der Waals surface area contributed by atoms with Crippen LogP contribution in [0.1, 0.15) is 26.7 Å². The number of rotatable bonds is 6. The van der Waals surface area contributed by atoms with Crippen LogP contribution in [-0.4, -0.2) is 30.9 Å². The molecule has 5 nitrogen and oxygen atoms in total. The summed E-state index contributed by atoms with van der Waals surface area (Å²) in [5, 5.41) is 5.22. The molecule has 2 amide bonds. The van der Waals surface area contributed by atoms with Gasteiger partial charge in [0.2, 0.25) is 11.8 Å². The van der Waals surface area contributed by atoms with Gasteiger partial charge in [0.1, 0.15) is 0 Å². The molecule has 0 saturated heterocycles. The highest BCUT2D eigenvalue weighted by atomic mass is 16.2. The number of hydrogen-bond donors (Lipinski definition) is 3. The second-order valence-corrected chi connectivity index (χ2v) is 3.17. The van der Waals surface area contributed by atoms with Crippen LogP contribution >= 0.6 is 0 Å². The Morgan fingerprint density at radius 1 is 1.29 bits per heavy atom. The van der Waals surface area contributed by atoms with E-state index in [0.717, 1.165) is 6.42 Å². The van der Waals surface area contributed by atoms with Crippen LogP contribution in [0.4, 0.5) is 0 Å². The zero-order chi connectivity index (χ0) is 11.0. The van der Waals surface area contributed by atoms with Gasteiger partial charge in [0, 0.05) is 20.0 Å². The third-order valence-electron chi connectivity index (χ3n) is 1.73. The van der Waals surface area contributed by atoms with Crippen molar-refractivity contribution in [3.8, 4) is 0 Å². The predicted molar refractivity (Wildman–Crippen MR) is 54.6 cm³/mol. The van der Waals surface area contributed by atoms with E-state index >= 15 is 0 Å². The monoisotopic (exact) mass is 201 g/mol. The van der Waals surface area contributed by atoms with Crippen molar-refractivity contribution in [1.82, 2.24) is 10.6 Å². The largest absolute Gasteiger partial charge is 0.355 e. The zero-order valence-corrected chi connectivity index (χ0v) is 8.80. The zero-order valence-electron chi connectivity index (χ0n) is 8.80. The Labute approximate surface area is 84.4 Å². The highest BCUT2D eigenvalue weighted by molar-refractivity contribution is 5.81. The second-order valence-electron chi connectivity index (χ2n) is 3.17. The number of amides is 2. The van der Waals surface area contributed by atoms with E-state index in [1.54, 1.807) is 0 Å². The normalized spacial score (nSPS) is 11.9. The van der Waals surface area contributed by atoms with Crippen molar-refractivity contribution >= 4 is 11.8 Å². The molecule has 0 bridgehead atoms. The molecule has 0 rings (SSSR count). The van der Waals surface area contributed by atoms with Crippen molar-refractivity contribution in [2.45, 2.75) is 32.7 Å². The minimum Gasteiger partial charge on any atom is -0.355 e. The molecule has 0 saturated carbocycles. The van der Waals surface area contributed by atoms with E-state index in [-0.39, 0.29) is 11.8 Å². The molecule has 0 heterocycles. The van der Waals surface area contributed by atoms with E-state index < -0.39 is 6.04 Å². The summed E-state index contributed by atoms with van der Waals surface area (Å²) in [5.41, 5.74) is 5.57. The summed E-state index contributed by atoms with van der Waals surface area (Å²) < 4.78 is 0. The Morgan fingerprint density at radius 3 is 2.36 bits per heavy atom. The summed E-state index contributed by atoms with van der Waals surface area (Å²) in [6, 6.07) is -0.433. The number of hydrogen-bond acceptors (Lipinski definition) is 3. The average molecular weight is 201 g/mol. The predicted octanol–water partition coefficient (Wildman–Crippen LogP) is -0.634. The molecule has 0 aromatic rings. The molecule has 0 radical (unpaired) electrons. The molecule has 0 fully saturated rings. The molecule has 0 aliphatic carbocycles. The van der Waals surface area contributed by atoms with E-state index in [0.29, 0.717) is 19.5 Å². The molecular weight excluding hydrogens is 182 g/mol. The van der Waals surface area contributed by atoms with Gasteiger partial charge >= 0.3 is 0 Å². The Kier molecular flexibility index (Phi) is 6.74. The third-order valence-corrected chi connectivity index (χ3v) is 1.73. The van der Waals surface area contributed by atoms with Gasteiger partial charge in [0.25, 0.3) is 0 Å². The van der Waals surface area contributed by atoms with E-state index in [4.69, 9.17) is 5.73 Å². The third kappa shape index (κ3) is 6.42. The van der Waals surface area contributed by atoms with Gasteiger partial charge in [0.05, 0.1) is 6.04 Å². The highest BCUT2D eigenvalue weighted by Crippen LogP contribution is 1.91. The maximum absolute atomic E-state index is 11.2. The number of nitrogens with one attached hydrogen (secondary N) is 2. The Hall–Kier alpha value is -1.10. The van der Waals surface area contributed by atoms with Crippen molar-refractivity contribution < 1.29 is 9.59 Å². The fourth-order valence-corrected chi connectivity index (χ4v) is 0.997. The van der Waals surface area contributed by atoms with E-state index in [2.05, 4.69) is 10.6 Å². The molecule has 0 aliphatic rings. The fraction of sp³-hybridized carbons (Fsp3) is 0.778. The minimum atomic E-state index is -0.433. The highest BCUT2D eigenvalue weighted by Gasteiger charge is 2.10. The average Bonchev–Trinajstić information content (AvgIpc) is 2.12. The van der Waals surface area contributed by atoms with E-state index in [9.17, 15) is 9.59 Å².